The zero-order valence-corrected chi connectivity index (χ0v) is 10.5. The molecule has 4 nitrogen and oxygen atoms in total. The van der Waals surface area contributed by atoms with Crippen LogP contribution in [-0.2, 0) is 18.9 Å². The minimum absolute atomic E-state index is 0.133. The normalized spacial score (nSPS) is 14.2. The van der Waals surface area contributed by atoms with E-state index < -0.39 is 5.79 Å². The zero-order valence-electron chi connectivity index (χ0n) is 10.5. The van der Waals surface area contributed by atoms with Gasteiger partial charge in [-0.05, 0) is 27.2 Å². The van der Waals surface area contributed by atoms with E-state index in [0.717, 1.165) is 12.8 Å². The van der Waals surface area contributed by atoms with Crippen molar-refractivity contribution in [2.75, 3.05) is 27.4 Å². The van der Waals surface area contributed by atoms with E-state index >= 15 is 0 Å². The van der Waals surface area contributed by atoms with Gasteiger partial charge in [0, 0.05) is 33.9 Å². The minimum Gasteiger partial charge on any atom is -0.353 e. The molecule has 0 N–H and O–H groups in total. The summed E-state index contributed by atoms with van der Waals surface area (Å²) < 4.78 is 21.1. The van der Waals surface area contributed by atoms with Crippen LogP contribution in [-0.4, -0.2) is 39.5 Å². The monoisotopic (exact) mass is 220 g/mol. The number of hydrogen-bond donors (Lipinski definition) is 0. The second kappa shape index (κ2) is 8.05. The molecule has 0 aromatic heterocycles. The first-order valence-corrected chi connectivity index (χ1v) is 5.41. The molecule has 0 rings (SSSR count). The fourth-order valence-corrected chi connectivity index (χ4v) is 1.21. The molecule has 0 radical (unpaired) electrons. The van der Waals surface area contributed by atoms with Crippen LogP contribution in [0.5, 0.6) is 0 Å². The molecular weight excluding hydrogens is 196 g/mol. The second-order valence-corrected chi connectivity index (χ2v) is 3.54. The Morgan fingerprint density at radius 1 is 1.13 bits per heavy atom. The summed E-state index contributed by atoms with van der Waals surface area (Å²) in [5.41, 5.74) is 0. The summed E-state index contributed by atoms with van der Waals surface area (Å²) in [6, 6.07) is 0. The second-order valence-electron chi connectivity index (χ2n) is 3.54. The minimum atomic E-state index is -0.502. The van der Waals surface area contributed by atoms with Gasteiger partial charge in [-0.25, -0.2) is 0 Å². The molecule has 92 valence electrons. The third-order valence-electron chi connectivity index (χ3n) is 2.39. The molecule has 1 atom stereocenters. The molecule has 4 heteroatoms. The molecule has 0 bridgehead atoms. The highest BCUT2D eigenvalue weighted by Gasteiger charge is 2.21. The van der Waals surface area contributed by atoms with Crippen molar-refractivity contribution in [2.24, 2.45) is 0 Å². The third kappa shape index (κ3) is 6.84. The lowest BCUT2D eigenvalue weighted by atomic mass is 10.2. The topological polar surface area (TPSA) is 36.9 Å². The van der Waals surface area contributed by atoms with Gasteiger partial charge in [0.2, 0.25) is 0 Å². The van der Waals surface area contributed by atoms with Crippen LogP contribution in [0.2, 0.25) is 0 Å². The van der Waals surface area contributed by atoms with Crippen LogP contribution in [0.4, 0.5) is 0 Å². The lowest BCUT2D eigenvalue weighted by Gasteiger charge is -2.26. The Kier molecular flexibility index (Phi) is 7.96. The number of hydrogen-bond acceptors (Lipinski definition) is 4. The summed E-state index contributed by atoms with van der Waals surface area (Å²) in [7, 11) is 3.29. The molecule has 0 aliphatic heterocycles. The average molecular weight is 220 g/mol. The molecule has 0 heterocycles. The predicted octanol–water partition coefficient (Wildman–Crippen LogP) is 2.17. The summed E-state index contributed by atoms with van der Waals surface area (Å²) in [4.78, 5) is 0. The Morgan fingerprint density at radius 2 is 1.73 bits per heavy atom. The SMILES string of the molecule is CCOC(C)OCCCC(C)(OC)OC. The van der Waals surface area contributed by atoms with Crippen molar-refractivity contribution in [3.05, 3.63) is 0 Å². The first-order chi connectivity index (χ1) is 7.08. The molecule has 0 amide bonds. The molecule has 0 saturated carbocycles. The molecule has 0 fully saturated rings. The molecule has 0 spiro atoms. The Labute approximate surface area is 92.8 Å². The Bertz CT molecular complexity index is 146. The maximum absolute atomic E-state index is 5.43. The van der Waals surface area contributed by atoms with Crippen molar-refractivity contribution in [1.82, 2.24) is 0 Å². The molecule has 15 heavy (non-hydrogen) atoms. The van der Waals surface area contributed by atoms with E-state index in [-0.39, 0.29) is 6.29 Å². The van der Waals surface area contributed by atoms with Crippen molar-refractivity contribution in [1.29, 1.82) is 0 Å². The van der Waals surface area contributed by atoms with Gasteiger partial charge in [0.25, 0.3) is 0 Å². The van der Waals surface area contributed by atoms with Crippen molar-refractivity contribution >= 4 is 0 Å². The third-order valence-corrected chi connectivity index (χ3v) is 2.39. The van der Waals surface area contributed by atoms with E-state index in [1.165, 1.54) is 0 Å². The quantitative estimate of drug-likeness (QED) is 0.441. The number of ether oxygens (including phenoxy) is 4. The zero-order chi connectivity index (χ0) is 11.7. The Morgan fingerprint density at radius 3 is 2.20 bits per heavy atom. The fraction of sp³-hybridized carbons (Fsp3) is 1.00. The van der Waals surface area contributed by atoms with Gasteiger partial charge >= 0.3 is 0 Å². The summed E-state index contributed by atoms with van der Waals surface area (Å²) >= 11 is 0. The lowest BCUT2D eigenvalue weighted by Crippen LogP contribution is -2.30. The molecule has 0 aromatic rings. The van der Waals surface area contributed by atoms with E-state index in [0.29, 0.717) is 13.2 Å². The molecule has 1 unspecified atom stereocenters. The average Bonchev–Trinajstić information content (AvgIpc) is 2.24. The van der Waals surface area contributed by atoms with Crippen molar-refractivity contribution < 1.29 is 18.9 Å². The van der Waals surface area contributed by atoms with Crippen LogP contribution in [0.25, 0.3) is 0 Å². The highest BCUT2D eigenvalue weighted by molar-refractivity contribution is 4.61. The van der Waals surface area contributed by atoms with Gasteiger partial charge in [0.1, 0.15) is 0 Å². The van der Waals surface area contributed by atoms with Crippen LogP contribution in [0.1, 0.15) is 33.6 Å². The van der Waals surface area contributed by atoms with Crippen LogP contribution in [0.15, 0.2) is 0 Å². The largest absolute Gasteiger partial charge is 0.353 e. The Hall–Kier alpha value is -0.160. The first kappa shape index (κ1) is 14.8. The van der Waals surface area contributed by atoms with Gasteiger partial charge in [0.05, 0.1) is 0 Å². The van der Waals surface area contributed by atoms with Gasteiger partial charge in [-0.3, -0.25) is 0 Å². The van der Waals surface area contributed by atoms with Crippen LogP contribution in [0.3, 0.4) is 0 Å². The molecular formula is C11H24O4. The van der Waals surface area contributed by atoms with Crippen LogP contribution >= 0.6 is 0 Å². The van der Waals surface area contributed by atoms with Crippen LogP contribution in [0, 0.1) is 0 Å². The lowest BCUT2D eigenvalue weighted by molar-refractivity contribution is -0.201. The molecule has 0 saturated heterocycles. The standard InChI is InChI=1S/C11H24O4/c1-6-14-10(2)15-9-7-8-11(3,12-4)13-5/h10H,6-9H2,1-5H3. The molecule has 0 aliphatic rings. The van der Waals surface area contributed by atoms with Gasteiger partial charge in [-0.1, -0.05) is 0 Å². The molecule has 0 aromatic carbocycles. The predicted molar refractivity (Wildman–Crippen MR) is 58.7 cm³/mol. The maximum atomic E-state index is 5.43. The van der Waals surface area contributed by atoms with Crippen molar-refractivity contribution in [3.8, 4) is 0 Å². The van der Waals surface area contributed by atoms with Gasteiger partial charge < -0.3 is 18.9 Å². The highest BCUT2D eigenvalue weighted by atomic mass is 16.7. The number of rotatable bonds is 9. The van der Waals surface area contributed by atoms with E-state index in [1.54, 1.807) is 14.2 Å². The fourth-order valence-electron chi connectivity index (χ4n) is 1.21. The summed E-state index contributed by atoms with van der Waals surface area (Å²) in [6.45, 7) is 7.10. The van der Waals surface area contributed by atoms with E-state index in [2.05, 4.69) is 0 Å². The van der Waals surface area contributed by atoms with Gasteiger partial charge in [0.15, 0.2) is 12.1 Å². The maximum Gasteiger partial charge on any atom is 0.164 e. The van der Waals surface area contributed by atoms with Gasteiger partial charge in [-0.2, -0.15) is 0 Å². The van der Waals surface area contributed by atoms with E-state index in [4.69, 9.17) is 18.9 Å². The van der Waals surface area contributed by atoms with Crippen LogP contribution < -0.4 is 0 Å². The summed E-state index contributed by atoms with van der Waals surface area (Å²) in [6.07, 6.45) is 1.56. The van der Waals surface area contributed by atoms with E-state index in [9.17, 15) is 0 Å². The van der Waals surface area contributed by atoms with Crippen molar-refractivity contribution in [2.45, 2.75) is 45.7 Å². The molecule has 0 aliphatic carbocycles. The Balaban J connectivity index is 3.52. The summed E-state index contributed by atoms with van der Waals surface area (Å²) in [5.74, 6) is -0.502. The van der Waals surface area contributed by atoms with Gasteiger partial charge in [-0.15, -0.1) is 0 Å². The number of methoxy groups -OCH3 is 2. The first-order valence-electron chi connectivity index (χ1n) is 5.41. The smallest absolute Gasteiger partial charge is 0.164 e. The van der Waals surface area contributed by atoms with E-state index in [1.807, 2.05) is 20.8 Å². The highest BCUT2D eigenvalue weighted by Crippen LogP contribution is 2.17. The summed E-state index contributed by atoms with van der Waals surface area (Å²) in [5, 5.41) is 0. The van der Waals surface area contributed by atoms with Crippen molar-refractivity contribution in [3.63, 3.8) is 0 Å².